The second-order valence-corrected chi connectivity index (χ2v) is 8.12. The number of hydrogen-bond donors (Lipinski definition) is 4. The minimum absolute atomic E-state index is 0.0778. The number of carbonyl (C=O) groups is 1. The van der Waals surface area contributed by atoms with Gasteiger partial charge < -0.3 is 20.3 Å². The van der Waals surface area contributed by atoms with Crippen molar-refractivity contribution in [3.63, 3.8) is 0 Å². The van der Waals surface area contributed by atoms with Gasteiger partial charge in [-0.1, -0.05) is 18.2 Å². The van der Waals surface area contributed by atoms with Crippen LogP contribution in [0.5, 0.6) is 0 Å². The highest BCUT2D eigenvalue weighted by molar-refractivity contribution is 7.89. The Morgan fingerprint density at radius 2 is 2.04 bits per heavy atom. The minimum atomic E-state index is -3.41. The largest absolute Gasteiger partial charge is 0.387 e. The van der Waals surface area contributed by atoms with E-state index < -0.39 is 27.8 Å². The summed E-state index contributed by atoms with van der Waals surface area (Å²) in [5.41, 5.74) is -1.03. The number of amides is 1. The molecule has 140 valence electrons. The van der Waals surface area contributed by atoms with Gasteiger partial charge in [-0.2, -0.15) is 0 Å². The van der Waals surface area contributed by atoms with E-state index in [1.165, 1.54) is 6.92 Å². The van der Waals surface area contributed by atoms with E-state index in [0.29, 0.717) is 5.56 Å². The summed E-state index contributed by atoms with van der Waals surface area (Å²) in [6, 6.07) is 8.65. The molecular weight excluding hydrogens is 348 g/mol. The van der Waals surface area contributed by atoms with Crippen LogP contribution in [0.4, 0.5) is 0 Å². The number of ether oxygens (including phenoxy) is 1. The van der Waals surface area contributed by atoms with Gasteiger partial charge in [-0.05, 0) is 25.5 Å². The molecular formula is C16H24N2O6S. The first-order chi connectivity index (χ1) is 11.8. The van der Waals surface area contributed by atoms with Crippen molar-refractivity contribution in [3.05, 3.63) is 35.9 Å². The topological polar surface area (TPSA) is 125 Å². The molecule has 4 N–H and O–H groups in total. The van der Waals surface area contributed by atoms with Gasteiger partial charge in [-0.15, -0.1) is 0 Å². The highest BCUT2D eigenvalue weighted by Gasteiger charge is 2.47. The molecule has 9 heteroatoms. The van der Waals surface area contributed by atoms with E-state index in [1.54, 1.807) is 30.3 Å². The number of benzene rings is 1. The zero-order chi connectivity index (χ0) is 18.5. The molecule has 1 aromatic carbocycles. The summed E-state index contributed by atoms with van der Waals surface area (Å²) >= 11 is 0. The average Bonchev–Trinajstić information content (AvgIpc) is 2.89. The Morgan fingerprint density at radius 1 is 1.36 bits per heavy atom. The lowest BCUT2D eigenvalue weighted by Gasteiger charge is -2.26. The average molecular weight is 372 g/mol. The second-order valence-electron chi connectivity index (χ2n) is 6.02. The third-order valence-electron chi connectivity index (χ3n) is 4.21. The normalized spacial score (nSPS) is 26.5. The maximum atomic E-state index is 12.0. The fraction of sp³-hybridized carbons (Fsp3) is 0.562. The lowest BCUT2D eigenvalue weighted by atomic mass is 9.93. The van der Waals surface area contributed by atoms with Gasteiger partial charge in [-0.3, -0.25) is 4.79 Å². The maximum absolute atomic E-state index is 12.0. The highest BCUT2D eigenvalue weighted by Crippen LogP contribution is 2.27. The Morgan fingerprint density at radius 3 is 2.68 bits per heavy atom. The zero-order valence-corrected chi connectivity index (χ0v) is 14.8. The number of carbonyl (C=O) groups excluding carboxylic acids is 1. The van der Waals surface area contributed by atoms with Crippen LogP contribution in [0, 0.1) is 0 Å². The molecule has 1 aromatic rings. The Hall–Kier alpha value is -1.52. The van der Waals surface area contributed by atoms with Gasteiger partial charge >= 0.3 is 0 Å². The summed E-state index contributed by atoms with van der Waals surface area (Å²) in [5.74, 6) is -0.351. The van der Waals surface area contributed by atoms with Crippen molar-refractivity contribution in [1.82, 2.24) is 10.0 Å². The maximum Gasteiger partial charge on any atom is 0.251 e. The smallest absolute Gasteiger partial charge is 0.251 e. The van der Waals surface area contributed by atoms with Crippen LogP contribution in [0.2, 0.25) is 0 Å². The molecule has 0 spiro atoms. The lowest BCUT2D eigenvalue weighted by Crippen LogP contribution is -2.48. The third-order valence-corrected chi connectivity index (χ3v) is 5.58. The van der Waals surface area contributed by atoms with Crippen LogP contribution in [-0.4, -0.2) is 67.8 Å². The Labute approximate surface area is 147 Å². The van der Waals surface area contributed by atoms with Crippen molar-refractivity contribution in [1.29, 1.82) is 0 Å². The summed E-state index contributed by atoms with van der Waals surface area (Å²) in [7, 11) is -3.41. The molecule has 0 unspecified atom stereocenters. The molecule has 8 nitrogen and oxygen atoms in total. The standard InChI is InChI=1S/C16H24N2O6S/c1-2-25(22,23)18-10-13-14(19)16(21,11-24-13)8-9-17-15(20)12-6-4-3-5-7-12/h3-7,13-14,18-19,21H,2,8-11H2,1H3,(H,17,20)/t13-,14-,16+/m1/s1. The minimum Gasteiger partial charge on any atom is -0.387 e. The van der Waals surface area contributed by atoms with Crippen LogP contribution in [0.3, 0.4) is 0 Å². The van der Waals surface area contributed by atoms with Gasteiger partial charge in [0, 0.05) is 18.7 Å². The number of rotatable bonds is 8. The Balaban J connectivity index is 1.82. The lowest BCUT2D eigenvalue weighted by molar-refractivity contribution is -0.0536. The molecule has 1 saturated heterocycles. The van der Waals surface area contributed by atoms with Crippen LogP contribution in [0.1, 0.15) is 23.7 Å². The summed E-state index contributed by atoms with van der Waals surface area (Å²) in [6.45, 7) is 1.40. The quantitative estimate of drug-likeness (QED) is 0.475. The summed E-state index contributed by atoms with van der Waals surface area (Å²) in [5, 5.41) is 23.4. The predicted molar refractivity (Wildman–Crippen MR) is 91.6 cm³/mol. The summed E-state index contributed by atoms with van der Waals surface area (Å²) in [6.07, 6.45) is -2.00. The highest BCUT2D eigenvalue weighted by atomic mass is 32.2. The Kier molecular flexibility index (Phi) is 6.53. The van der Waals surface area contributed by atoms with Crippen LogP contribution >= 0.6 is 0 Å². The number of sulfonamides is 1. The van der Waals surface area contributed by atoms with Gasteiger partial charge in [0.25, 0.3) is 5.91 Å². The molecule has 2 rings (SSSR count). The van der Waals surface area contributed by atoms with Gasteiger partial charge in [0.1, 0.15) is 11.7 Å². The Bertz CT molecular complexity index is 681. The molecule has 0 aliphatic carbocycles. The molecule has 1 aliphatic rings. The van der Waals surface area contributed by atoms with Crippen LogP contribution in [0.25, 0.3) is 0 Å². The van der Waals surface area contributed by atoms with Gasteiger partial charge in [0.2, 0.25) is 10.0 Å². The number of aliphatic hydroxyl groups is 2. The van der Waals surface area contributed by atoms with Crippen LogP contribution in [0.15, 0.2) is 30.3 Å². The molecule has 3 atom stereocenters. The molecule has 1 amide bonds. The van der Waals surface area contributed by atoms with E-state index in [1.807, 2.05) is 0 Å². The fourth-order valence-corrected chi connectivity index (χ4v) is 3.18. The third kappa shape index (κ3) is 5.23. The van der Waals surface area contributed by atoms with E-state index in [0.717, 1.165) is 0 Å². The van der Waals surface area contributed by atoms with E-state index in [-0.39, 0.29) is 37.8 Å². The number of hydrogen-bond acceptors (Lipinski definition) is 6. The first-order valence-electron chi connectivity index (χ1n) is 8.10. The molecule has 0 saturated carbocycles. The molecule has 1 fully saturated rings. The molecule has 1 aliphatic heterocycles. The fourth-order valence-electron chi connectivity index (χ4n) is 2.56. The molecule has 25 heavy (non-hydrogen) atoms. The molecule has 1 heterocycles. The predicted octanol–water partition coefficient (Wildman–Crippen LogP) is -0.763. The summed E-state index contributed by atoms with van der Waals surface area (Å²) < 4.78 is 30.5. The van der Waals surface area contributed by atoms with E-state index in [2.05, 4.69) is 10.0 Å². The van der Waals surface area contributed by atoms with Crippen molar-refractivity contribution >= 4 is 15.9 Å². The second kappa shape index (κ2) is 8.24. The van der Waals surface area contributed by atoms with Crippen molar-refractivity contribution in [2.45, 2.75) is 31.2 Å². The van der Waals surface area contributed by atoms with Gasteiger partial charge in [0.05, 0.1) is 18.5 Å². The van der Waals surface area contributed by atoms with Crippen LogP contribution < -0.4 is 10.0 Å². The van der Waals surface area contributed by atoms with E-state index >= 15 is 0 Å². The first kappa shape index (κ1) is 19.8. The van der Waals surface area contributed by atoms with Crippen molar-refractivity contribution in [2.75, 3.05) is 25.4 Å². The molecule has 0 aromatic heterocycles. The first-order valence-corrected chi connectivity index (χ1v) is 9.75. The van der Waals surface area contributed by atoms with Crippen molar-refractivity contribution in [2.24, 2.45) is 0 Å². The number of aliphatic hydroxyl groups excluding tert-OH is 1. The molecule has 0 bridgehead atoms. The van der Waals surface area contributed by atoms with Crippen molar-refractivity contribution < 1.29 is 28.2 Å². The number of nitrogens with one attached hydrogen (secondary N) is 2. The SMILES string of the molecule is CCS(=O)(=O)NC[C@H]1OC[C@@](O)(CCNC(=O)c2ccccc2)[C@@H]1O. The van der Waals surface area contributed by atoms with E-state index in [9.17, 15) is 23.4 Å². The summed E-state index contributed by atoms with van der Waals surface area (Å²) in [4.78, 5) is 12.0. The van der Waals surface area contributed by atoms with Crippen molar-refractivity contribution in [3.8, 4) is 0 Å². The monoisotopic (exact) mass is 372 g/mol. The van der Waals surface area contributed by atoms with Crippen LogP contribution in [-0.2, 0) is 14.8 Å². The van der Waals surface area contributed by atoms with Gasteiger partial charge in [0.15, 0.2) is 0 Å². The van der Waals surface area contributed by atoms with Gasteiger partial charge in [-0.25, -0.2) is 13.1 Å². The molecule has 0 radical (unpaired) electrons. The zero-order valence-electron chi connectivity index (χ0n) is 14.0. The van der Waals surface area contributed by atoms with E-state index in [4.69, 9.17) is 4.74 Å².